The Morgan fingerprint density at radius 3 is 3.04 bits per heavy atom. The van der Waals surface area contributed by atoms with Gasteiger partial charge in [-0.3, -0.25) is 9.59 Å². The molecule has 24 heavy (non-hydrogen) atoms. The highest BCUT2D eigenvalue weighted by Gasteiger charge is 2.36. The lowest BCUT2D eigenvalue weighted by atomic mass is 9.95. The van der Waals surface area contributed by atoms with Crippen LogP contribution >= 0.6 is 0 Å². The Bertz CT molecular complexity index is 643. The van der Waals surface area contributed by atoms with Crippen molar-refractivity contribution in [2.45, 2.75) is 51.5 Å². The molecule has 0 bridgehead atoms. The number of ether oxygens (including phenoxy) is 1. The first kappa shape index (κ1) is 17.0. The summed E-state index contributed by atoms with van der Waals surface area (Å²) in [5, 5.41) is 2.85. The fraction of sp³-hybridized carbons (Fsp3) is 0.579. The van der Waals surface area contributed by atoms with Gasteiger partial charge in [-0.15, -0.1) is 0 Å². The molecule has 2 aliphatic heterocycles. The number of amides is 2. The second kappa shape index (κ2) is 6.93. The number of carbonyl (C=O) groups excluding carboxylic acids is 2. The van der Waals surface area contributed by atoms with Crippen molar-refractivity contribution in [1.29, 1.82) is 0 Å². The Morgan fingerprint density at radius 2 is 2.25 bits per heavy atom. The van der Waals surface area contributed by atoms with Crippen LogP contribution in [-0.4, -0.2) is 42.0 Å². The van der Waals surface area contributed by atoms with Gasteiger partial charge in [0.1, 0.15) is 0 Å². The molecule has 1 aromatic rings. The molecule has 0 spiro atoms. The highest BCUT2D eigenvalue weighted by molar-refractivity contribution is 5.99. The van der Waals surface area contributed by atoms with Gasteiger partial charge < -0.3 is 15.0 Å². The zero-order valence-corrected chi connectivity index (χ0v) is 14.6. The van der Waals surface area contributed by atoms with Crippen molar-refractivity contribution in [3.63, 3.8) is 0 Å². The lowest BCUT2D eigenvalue weighted by Gasteiger charge is -2.44. The average molecular weight is 330 g/mol. The number of hydrogen-bond acceptors (Lipinski definition) is 3. The highest BCUT2D eigenvalue weighted by Crippen LogP contribution is 2.26. The van der Waals surface area contributed by atoms with Crippen LogP contribution < -0.4 is 5.32 Å². The number of benzene rings is 1. The first-order valence-corrected chi connectivity index (χ1v) is 8.82. The molecule has 1 atom stereocenters. The summed E-state index contributed by atoms with van der Waals surface area (Å²) in [6.07, 6.45) is 3.62. The van der Waals surface area contributed by atoms with E-state index in [-0.39, 0.29) is 17.4 Å². The summed E-state index contributed by atoms with van der Waals surface area (Å²) >= 11 is 0. The molecule has 130 valence electrons. The third-order valence-corrected chi connectivity index (χ3v) is 5.24. The van der Waals surface area contributed by atoms with E-state index in [0.29, 0.717) is 32.6 Å². The molecule has 3 rings (SSSR count). The largest absolute Gasteiger partial charge is 0.377 e. The lowest BCUT2D eigenvalue weighted by Crippen LogP contribution is -2.57. The zero-order chi connectivity index (χ0) is 17.2. The molecule has 0 radical (unpaired) electrons. The van der Waals surface area contributed by atoms with Crippen molar-refractivity contribution in [3.05, 3.63) is 29.3 Å². The second-order valence-corrected chi connectivity index (χ2v) is 7.02. The Kier molecular flexibility index (Phi) is 4.90. The molecule has 1 N–H and O–H groups in total. The summed E-state index contributed by atoms with van der Waals surface area (Å²) in [6, 6.07) is 6.09. The van der Waals surface area contributed by atoms with Gasteiger partial charge in [0.05, 0.1) is 25.2 Å². The summed E-state index contributed by atoms with van der Waals surface area (Å²) in [5.74, 6) is 0.282. The van der Waals surface area contributed by atoms with Crippen molar-refractivity contribution in [2.24, 2.45) is 0 Å². The molecule has 1 saturated heterocycles. The van der Waals surface area contributed by atoms with E-state index in [2.05, 4.69) is 25.2 Å². The van der Waals surface area contributed by atoms with Crippen molar-refractivity contribution in [3.8, 4) is 0 Å². The van der Waals surface area contributed by atoms with Crippen LogP contribution in [0.3, 0.4) is 0 Å². The van der Waals surface area contributed by atoms with E-state index in [9.17, 15) is 9.59 Å². The molecule has 0 aromatic heterocycles. The standard InChI is InChI=1S/C19H26N2O3/c1-3-19(2)13-24-10-9-21(19)18(23)6-4-5-14-7-8-16-15(11-14)12-17(22)20-16/h7-8,11H,3-6,9-10,12-13H2,1-2H3,(H,20,22)/t19-/m0/s1. The lowest BCUT2D eigenvalue weighted by molar-refractivity contribution is -0.148. The van der Waals surface area contributed by atoms with Gasteiger partial charge in [-0.1, -0.05) is 19.1 Å². The number of hydrogen-bond donors (Lipinski definition) is 1. The summed E-state index contributed by atoms with van der Waals surface area (Å²) in [4.78, 5) is 26.0. The minimum atomic E-state index is -0.172. The normalized spacial score (nSPS) is 23.1. The minimum Gasteiger partial charge on any atom is -0.377 e. The van der Waals surface area contributed by atoms with Crippen molar-refractivity contribution in [1.82, 2.24) is 4.90 Å². The second-order valence-electron chi connectivity index (χ2n) is 7.02. The van der Waals surface area contributed by atoms with E-state index < -0.39 is 0 Å². The van der Waals surface area contributed by atoms with Gasteiger partial charge in [-0.2, -0.15) is 0 Å². The number of aryl methyl sites for hydroxylation is 1. The quantitative estimate of drug-likeness (QED) is 0.902. The molecule has 2 amide bonds. The molecule has 1 fully saturated rings. The van der Waals surface area contributed by atoms with Crippen LogP contribution in [0.1, 0.15) is 44.2 Å². The number of nitrogens with one attached hydrogen (secondary N) is 1. The van der Waals surface area contributed by atoms with Crippen LogP contribution in [0.5, 0.6) is 0 Å². The molecule has 5 nitrogen and oxygen atoms in total. The number of nitrogens with zero attached hydrogens (tertiary/aromatic N) is 1. The Labute approximate surface area is 143 Å². The maximum Gasteiger partial charge on any atom is 0.228 e. The van der Waals surface area contributed by atoms with Gasteiger partial charge in [-0.05, 0) is 43.4 Å². The Morgan fingerprint density at radius 1 is 1.42 bits per heavy atom. The maximum atomic E-state index is 12.6. The Balaban J connectivity index is 1.54. The summed E-state index contributed by atoms with van der Waals surface area (Å²) in [5.41, 5.74) is 3.01. The van der Waals surface area contributed by atoms with Gasteiger partial charge in [0.2, 0.25) is 11.8 Å². The van der Waals surface area contributed by atoms with Gasteiger partial charge in [-0.25, -0.2) is 0 Å². The average Bonchev–Trinajstić information content (AvgIpc) is 2.94. The zero-order valence-electron chi connectivity index (χ0n) is 14.6. The molecule has 0 aliphatic carbocycles. The first-order valence-electron chi connectivity index (χ1n) is 8.82. The number of rotatable bonds is 5. The van der Waals surface area contributed by atoms with Gasteiger partial charge in [0.15, 0.2) is 0 Å². The fourth-order valence-electron chi connectivity index (χ4n) is 3.53. The molecular weight excluding hydrogens is 304 g/mol. The number of carbonyl (C=O) groups is 2. The van der Waals surface area contributed by atoms with Crippen LogP contribution in [0.4, 0.5) is 5.69 Å². The van der Waals surface area contributed by atoms with Crippen LogP contribution in [0.15, 0.2) is 18.2 Å². The predicted molar refractivity (Wildman–Crippen MR) is 92.9 cm³/mol. The van der Waals surface area contributed by atoms with Crippen LogP contribution in [-0.2, 0) is 27.2 Å². The van der Waals surface area contributed by atoms with Crippen molar-refractivity contribution >= 4 is 17.5 Å². The molecule has 0 unspecified atom stereocenters. The molecule has 2 aliphatic rings. The third kappa shape index (κ3) is 3.46. The van der Waals surface area contributed by atoms with Crippen molar-refractivity contribution in [2.75, 3.05) is 25.1 Å². The van der Waals surface area contributed by atoms with E-state index in [1.807, 2.05) is 17.0 Å². The summed E-state index contributed by atoms with van der Waals surface area (Å²) in [7, 11) is 0. The number of morpholine rings is 1. The highest BCUT2D eigenvalue weighted by atomic mass is 16.5. The predicted octanol–water partition coefficient (Wildman–Crippen LogP) is 2.53. The maximum absolute atomic E-state index is 12.6. The Hall–Kier alpha value is -1.88. The smallest absolute Gasteiger partial charge is 0.228 e. The van der Waals surface area contributed by atoms with E-state index in [1.165, 1.54) is 5.56 Å². The monoisotopic (exact) mass is 330 g/mol. The topological polar surface area (TPSA) is 58.6 Å². The van der Waals surface area contributed by atoms with Gasteiger partial charge >= 0.3 is 0 Å². The first-order chi connectivity index (χ1) is 11.5. The van der Waals surface area contributed by atoms with Gasteiger partial charge in [0, 0.05) is 18.7 Å². The molecule has 0 saturated carbocycles. The van der Waals surface area contributed by atoms with E-state index in [0.717, 1.165) is 30.5 Å². The van der Waals surface area contributed by atoms with E-state index in [1.54, 1.807) is 0 Å². The van der Waals surface area contributed by atoms with Gasteiger partial charge in [0.25, 0.3) is 0 Å². The minimum absolute atomic E-state index is 0.0588. The number of fused-ring (bicyclic) bond motifs is 1. The number of anilines is 1. The van der Waals surface area contributed by atoms with E-state index >= 15 is 0 Å². The van der Waals surface area contributed by atoms with Crippen LogP contribution in [0.25, 0.3) is 0 Å². The van der Waals surface area contributed by atoms with Crippen molar-refractivity contribution < 1.29 is 14.3 Å². The van der Waals surface area contributed by atoms with E-state index in [4.69, 9.17) is 4.74 Å². The van der Waals surface area contributed by atoms with Crippen LogP contribution in [0, 0.1) is 0 Å². The molecular formula is C19H26N2O3. The third-order valence-electron chi connectivity index (χ3n) is 5.24. The van der Waals surface area contributed by atoms with Crippen LogP contribution in [0.2, 0.25) is 0 Å². The SMILES string of the molecule is CC[C@@]1(C)COCCN1C(=O)CCCc1ccc2c(c1)CC(=O)N2. The molecule has 1 aromatic carbocycles. The molecule has 5 heteroatoms. The summed E-state index contributed by atoms with van der Waals surface area (Å²) < 4.78 is 5.55. The molecule has 2 heterocycles. The summed E-state index contributed by atoms with van der Waals surface area (Å²) in [6.45, 7) is 6.16. The fourth-order valence-corrected chi connectivity index (χ4v) is 3.53.